The molecule has 0 aromatic rings. The van der Waals surface area contributed by atoms with Gasteiger partial charge in [0.05, 0.1) is 25.4 Å². The maximum absolute atomic E-state index is 13.0. The lowest BCUT2D eigenvalue weighted by atomic mass is 9.99. The number of hydrogen-bond donors (Lipinski definition) is 6. The van der Waals surface area contributed by atoms with Crippen LogP contribution in [0, 0.1) is 0 Å². The van der Waals surface area contributed by atoms with Gasteiger partial charge < -0.3 is 40.3 Å². The molecule has 1 heterocycles. The first-order valence-corrected chi connectivity index (χ1v) is 25.0. The van der Waals surface area contributed by atoms with E-state index in [0.717, 1.165) is 77.0 Å². The van der Waals surface area contributed by atoms with Crippen molar-refractivity contribution in [3.63, 3.8) is 0 Å². The third-order valence-corrected chi connectivity index (χ3v) is 11.6. The Morgan fingerprint density at radius 1 is 0.574 bits per heavy atom. The fraction of sp³-hybridized carbons (Fsp3) is 0.788. The van der Waals surface area contributed by atoms with Crippen LogP contribution in [0.15, 0.2) is 60.8 Å². The van der Waals surface area contributed by atoms with E-state index in [2.05, 4.69) is 67.8 Å². The number of carbonyl (C=O) groups is 1. The highest BCUT2D eigenvalue weighted by Gasteiger charge is 2.44. The molecule has 1 fully saturated rings. The predicted molar refractivity (Wildman–Crippen MR) is 253 cm³/mol. The van der Waals surface area contributed by atoms with Crippen LogP contribution in [0.1, 0.15) is 206 Å². The second-order valence-electron chi connectivity index (χ2n) is 17.2. The molecule has 0 spiro atoms. The van der Waals surface area contributed by atoms with Gasteiger partial charge in [0.15, 0.2) is 6.29 Å². The van der Waals surface area contributed by atoms with Crippen molar-refractivity contribution >= 4 is 5.91 Å². The molecule has 1 amide bonds. The second-order valence-corrected chi connectivity index (χ2v) is 17.2. The van der Waals surface area contributed by atoms with Gasteiger partial charge in [-0.15, -0.1) is 0 Å². The van der Waals surface area contributed by atoms with Crippen LogP contribution < -0.4 is 5.32 Å². The maximum atomic E-state index is 13.0. The number of aliphatic hydroxyl groups excluding tert-OH is 5. The summed E-state index contributed by atoms with van der Waals surface area (Å²) in [5.41, 5.74) is 0. The van der Waals surface area contributed by atoms with Gasteiger partial charge >= 0.3 is 0 Å². The van der Waals surface area contributed by atoms with Crippen LogP contribution in [0.5, 0.6) is 0 Å². The van der Waals surface area contributed by atoms with Gasteiger partial charge in [-0.05, 0) is 57.8 Å². The molecule has 0 saturated carbocycles. The minimum absolute atomic E-state index is 0.200. The van der Waals surface area contributed by atoms with Crippen LogP contribution in [0.4, 0.5) is 0 Å². The average molecular weight is 860 g/mol. The number of ether oxygens (including phenoxy) is 2. The van der Waals surface area contributed by atoms with Crippen molar-refractivity contribution in [2.75, 3.05) is 13.2 Å². The fourth-order valence-corrected chi connectivity index (χ4v) is 7.62. The van der Waals surface area contributed by atoms with E-state index in [-0.39, 0.29) is 12.5 Å². The molecule has 7 atom stereocenters. The van der Waals surface area contributed by atoms with Crippen molar-refractivity contribution in [3.05, 3.63) is 60.8 Å². The van der Waals surface area contributed by atoms with Gasteiger partial charge in [0.25, 0.3) is 0 Å². The van der Waals surface area contributed by atoms with Crippen LogP contribution in [0.2, 0.25) is 0 Å². The lowest BCUT2D eigenvalue weighted by Crippen LogP contribution is -2.60. The summed E-state index contributed by atoms with van der Waals surface area (Å²) in [4.78, 5) is 13.0. The molecule has 1 aliphatic heterocycles. The predicted octanol–water partition coefficient (Wildman–Crippen LogP) is 11.2. The minimum Gasteiger partial charge on any atom is -0.394 e. The lowest BCUT2D eigenvalue weighted by Gasteiger charge is -2.40. The third kappa shape index (κ3) is 32.2. The van der Waals surface area contributed by atoms with Crippen LogP contribution in [0.25, 0.3) is 0 Å². The molecule has 9 nitrogen and oxygen atoms in total. The van der Waals surface area contributed by atoms with E-state index in [4.69, 9.17) is 9.47 Å². The molecule has 0 aliphatic carbocycles. The Bertz CT molecular complexity index is 1140. The van der Waals surface area contributed by atoms with E-state index in [1.165, 1.54) is 109 Å². The largest absolute Gasteiger partial charge is 0.394 e. The number of hydrogen-bond acceptors (Lipinski definition) is 8. The molecule has 6 N–H and O–H groups in total. The molecule has 1 rings (SSSR count). The Morgan fingerprint density at radius 2 is 1.02 bits per heavy atom. The monoisotopic (exact) mass is 860 g/mol. The number of carbonyl (C=O) groups excluding carboxylic acids is 1. The molecule has 0 aromatic carbocycles. The molecule has 354 valence electrons. The van der Waals surface area contributed by atoms with Crippen LogP contribution in [0.3, 0.4) is 0 Å². The fourth-order valence-electron chi connectivity index (χ4n) is 7.62. The van der Waals surface area contributed by atoms with Gasteiger partial charge in [0.2, 0.25) is 5.91 Å². The number of rotatable bonds is 41. The average Bonchev–Trinajstić information content (AvgIpc) is 3.26. The lowest BCUT2D eigenvalue weighted by molar-refractivity contribution is -0.302. The van der Waals surface area contributed by atoms with E-state index >= 15 is 0 Å². The van der Waals surface area contributed by atoms with Gasteiger partial charge in [0, 0.05) is 6.42 Å². The molecule has 61 heavy (non-hydrogen) atoms. The Kier molecular flexibility index (Phi) is 39.1. The number of aliphatic hydroxyl groups is 5. The zero-order chi connectivity index (χ0) is 44.4. The first-order chi connectivity index (χ1) is 29.8. The summed E-state index contributed by atoms with van der Waals surface area (Å²) in [6.45, 7) is 3.65. The molecule has 7 unspecified atom stereocenters. The van der Waals surface area contributed by atoms with Gasteiger partial charge in [0.1, 0.15) is 24.4 Å². The summed E-state index contributed by atoms with van der Waals surface area (Å²) in [6.07, 6.45) is 48.4. The summed E-state index contributed by atoms with van der Waals surface area (Å²) < 4.78 is 11.2. The molecule has 0 aromatic heterocycles. The molecular weight excluding hydrogens is 767 g/mol. The summed E-state index contributed by atoms with van der Waals surface area (Å²) in [6, 6.07) is -0.820. The number of allylic oxidation sites excluding steroid dienone is 9. The van der Waals surface area contributed by atoms with E-state index in [1.807, 2.05) is 6.08 Å². The summed E-state index contributed by atoms with van der Waals surface area (Å²) in [5, 5.41) is 54.3. The maximum Gasteiger partial charge on any atom is 0.220 e. The van der Waals surface area contributed by atoms with Gasteiger partial charge in [-0.1, -0.05) is 203 Å². The first kappa shape index (κ1) is 56.9. The molecule has 1 saturated heterocycles. The van der Waals surface area contributed by atoms with Crippen LogP contribution in [-0.2, 0) is 14.3 Å². The van der Waals surface area contributed by atoms with Crippen molar-refractivity contribution in [1.82, 2.24) is 5.32 Å². The quantitative estimate of drug-likeness (QED) is 0.0263. The normalized spacial score (nSPS) is 20.9. The van der Waals surface area contributed by atoms with Crippen LogP contribution >= 0.6 is 0 Å². The standard InChI is InChI=1S/C52H93NO8/c1-3-5-7-9-11-13-15-17-19-21-22-23-24-26-27-29-31-33-35-37-39-41-46(55)45(44-60-52-51(59)50(58)49(57)47(43-54)61-52)53-48(56)42-40-38-36-34-32-30-28-25-20-18-16-14-12-10-8-6-4-2/h6,8,12,14,18,20,28,30,39,41,45-47,49-52,54-55,57-59H,3-5,7,9-11,13,15-17,19,21-27,29,31-38,40,42-44H2,1-2H3,(H,53,56)/b8-6-,14-12-,20-18-,30-28-,41-39+. The number of unbranched alkanes of at least 4 members (excludes halogenated alkanes) is 23. The summed E-state index contributed by atoms with van der Waals surface area (Å²) in [5.74, 6) is -0.201. The third-order valence-electron chi connectivity index (χ3n) is 11.6. The molecular formula is C52H93NO8. The van der Waals surface area contributed by atoms with Crippen molar-refractivity contribution < 1.29 is 39.8 Å². The SMILES string of the molecule is CC/C=C\C/C=C\C/C=C\C/C=C\CCCCCCC(=O)NC(COC1OC(CO)C(O)C(O)C1O)C(O)/C=C/CCCCCCCCCCCCCCCCCCCCC. The van der Waals surface area contributed by atoms with Gasteiger partial charge in [-0.3, -0.25) is 4.79 Å². The number of nitrogens with one attached hydrogen (secondary N) is 1. The van der Waals surface area contributed by atoms with E-state index in [9.17, 15) is 30.3 Å². The van der Waals surface area contributed by atoms with Crippen molar-refractivity contribution in [1.29, 1.82) is 0 Å². The van der Waals surface area contributed by atoms with E-state index < -0.39 is 49.5 Å². The molecule has 0 radical (unpaired) electrons. The Balaban J connectivity index is 2.33. The first-order valence-electron chi connectivity index (χ1n) is 25.0. The van der Waals surface area contributed by atoms with Gasteiger partial charge in [-0.2, -0.15) is 0 Å². The minimum atomic E-state index is -1.57. The van der Waals surface area contributed by atoms with Crippen molar-refractivity contribution in [2.24, 2.45) is 0 Å². The smallest absolute Gasteiger partial charge is 0.220 e. The Labute approximate surface area is 373 Å². The highest BCUT2D eigenvalue weighted by atomic mass is 16.7. The summed E-state index contributed by atoms with van der Waals surface area (Å²) >= 11 is 0. The molecule has 0 bridgehead atoms. The highest BCUT2D eigenvalue weighted by molar-refractivity contribution is 5.76. The van der Waals surface area contributed by atoms with Gasteiger partial charge in [-0.25, -0.2) is 0 Å². The number of amides is 1. The molecule has 9 heteroatoms. The highest BCUT2D eigenvalue weighted by Crippen LogP contribution is 2.23. The van der Waals surface area contributed by atoms with E-state index in [0.29, 0.717) is 6.42 Å². The van der Waals surface area contributed by atoms with Crippen LogP contribution in [-0.4, -0.2) is 87.5 Å². The zero-order valence-corrected chi connectivity index (χ0v) is 38.9. The van der Waals surface area contributed by atoms with Crippen molar-refractivity contribution in [2.45, 2.75) is 249 Å². The summed E-state index contributed by atoms with van der Waals surface area (Å²) in [7, 11) is 0. The Morgan fingerprint density at radius 3 is 1.51 bits per heavy atom. The second kappa shape index (κ2) is 41.9. The zero-order valence-electron chi connectivity index (χ0n) is 38.9. The van der Waals surface area contributed by atoms with E-state index in [1.54, 1.807) is 6.08 Å². The topological polar surface area (TPSA) is 149 Å². The molecule has 1 aliphatic rings. The Hall–Kier alpha value is -2.11. The van der Waals surface area contributed by atoms with Crippen molar-refractivity contribution in [3.8, 4) is 0 Å².